The van der Waals surface area contributed by atoms with E-state index in [9.17, 15) is 17.6 Å². The van der Waals surface area contributed by atoms with Gasteiger partial charge in [0.15, 0.2) is 11.7 Å². The SMILES string of the molecule is CS(=O)(=O)NC(=O)CCc1ncc(-c2ccc(F)cc2)o1. The summed E-state index contributed by atoms with van der Waals surface area (Å²) in [5.74, 6) is -0.221. The Balaban J connectivity index is 1.97. The summed E-state index contributed by atoms with van der Waals surface area (Å²) in [6, 6.07) is 5.71. The topological polar surface area (TPSA) is 89.3 Å². The highest BCUT2D eigenvalue weighted by atomic mass is 32.2. The number of sulfonamides is 1. The van der Waals surface area contributed by atoms with Gasteiger partial charge in [-0.15, -0.1) is 0 Å². The van der Waals surface area contributed by atoms with Crippen LogP contribution in [0, 0.1) is 5.82 Å². The van der Waals surface area contributed by atoms with Crippen molar-refractivity contribution < 1.29 is 22.0 Å². The van der Waals surface area contributed by atoms with E-state index in [1.54, 1.807) is 12.1 Å². The fourth-order valence-electron chi connectivity index (χ4n) is 1.65. The molecule has 8 heteroatoms. The van der Waals surface area contributed by atoms with Crippen LogP contribution in [0.4, 0.5) is 4.39 Å². The number of amides is 1. The lowest BCUT2D eigenvalue weighted by Crippen LogP contribution is -2.29. The van der Waals surface area contributed by atoms with E-state index in [2.05, 4.69) is 4.98 Å². The van der Waals surface area contributed by atoms with Crippen molar-refractivity contribution in [1.29, 1.82) is 0 Å². The van der Waals surface area contributed by atoms with Crippen LogP contribution in [0.5, 0.6) is 0 Å². The Morgan fingerprint density at radius 2 is 2.00 bits per heavy atom. The second-order valence-corrected chi connectivity index (χ2v) is 6.17. The number of benzene rings is 1. The third-order valence-corrected chi connectivity index (χ3v) is 3.15. The predicted octanol–water partition coefficient (Wildman–Crippen LogP) is 1.49. The van der Waals surface area contributed by atoms with Crippen LogP contribution in [-0.2, 0) is 21.2 Å². The maximum Gasteiger partial charge on any atom is 0.233 e. The highest BCUT2D eigenvalue weighted by Crippen LogP contribution is 2.21. The maximum absolute atomic E-state index is 12.8. The second-order valence-electron chi connectivity index (χ2n) is 4.42. The third kappa shape index (κ3) is 4.67. The third-order valence-electron chi connectivity index (χ3n) is 2.55. The molecule has 0 aliphatic rings. The molecule has 0 saturated heterocycles. The van der Waals surface area contributed by atoms with Crippen molar-refractivity contribution in [2.24, 2.45) is 0 Å². The fourth-order valence-corrected chi connectivity index (χ4v) is 2.17. The van der Waals surface area contributed by atoms with Gasteiger partial charge in [0.25, 0.3) is 0 Å². The van der Waals surface area contributed by atoms with Crippen molar-refractivity contribution in [1.82, 2.24) is 9.71 Å². The molecule has 6 nitrogen and oxygen atoms in total. The van der Waals surface area contributed by atoms with Crippen LogP contribution < -0.4 is 4.72 Å². The molecule has 0 fully saturated rings. The lowest BCUT2D eigenvalue weighted by molar-refractivity contribution is -0.119. The number of carbonyl (C=O) groups is 1. The number of halogens is 1. The number of aromatic nitrogens is 1. The molecule has 0 spiro atoms. The molecule has 1 N–H and O–H groups in total. The van der Waals surface area contributed by atoms with E-state index < -0.39 is 15.9 Å². The Labute approximate surface area is 121 Å². The molecular weight excluding hydrogens is 299 g/mol. The van der Waals surface area contributed by atoms with Crippen molar-refractivity contribution >= 4 is 15.9 Å². The smallest absolute Gasteiger partial charge is 0.233 e. The summed E-state index contributed by atoms with van der Waals surface area (Å²) < 4.78 is 41.8. The zero-order valence-electron chi connectivity index (χ0n) is 11.2. The second kappa shape index (κ2) is 6.04. The van der Waals surface area contributed by atoms with Crippen LogP contribution >= 0.6 is 0 Å². The average molecular weight is 312 g/mol. The van der Waals surface area contributed by atoms with Crippen molar-refractivity contribution in [3.05, 3.63) is 42.2 Å². The van der Waals surface area contributed by atoms with Crippen LogP contribution in [0.2, 0.25) is 0 Å². The molecule has 1 aromatic heterocycles. The molecule has 0 saturated carbocycles. The molecule has 112 valence electrons. The van der Waals surface area contributed by atoms with Crippen molar-refractivity contribution in [2.75, 3.05) is 6.26 Å². The van der Waals surface area contributed by atoms with E-state index in [0.717, 1.165) is 6.26 Å². The summed E-state index contributed by atoms with van der Waals surface area (Å²) in [5, 5.41) is 0. The normalized spacial score (nSPS) is 11.3. The number of nitrogens with zero attached hydrogens (tertiary/aromatic N) is 1. The van der Waals surface area contributed by atoms with E-state index in [1.165, 1.54) is 18.3 Å². The van der Waals surface area contributed by atoms with Crippen LogP contribution in [0.25, 0.3) is 11.3 Å². The summed E-state index contributed by atoms with van der Waals surface area (Å²) in [6.45, 7) is 0. The Bertz CT molecular complexity index is 738. The zero-order valence-corrected chi connectivity index (χ0v) is 12.0. The molecule has 2 aromatic rings. The lowest BCUT2D eigenvalue weighted by Gasteiger charge is -2.00. The Morgan fingerprint density at radius 1 is 1.33 bits per heavy atom. The van der Waals surface area contributed by atoms with Crippen LogP contribution in [-0.4, -0.2) is 25.6 Å². The number of nitrogens with one attached hydrogen (secondary N) is 1. The number of hydrogen-bond donors (Lipinski definition) is 1. The molecule has 1 heterocycles. The summed E-state index contributed by atoms with van der Waals surface area (Å²) >= 11 is 0. The van der Waals surface area contributed by atoms with Gasteiger partial charge in [0.2, 0.25) is 15.9 Å². The zero-order chi connectivity index (χ0) is 15.5. The van der Waals surface area contributed by atoms with E-state index in [4.69, 9.17) is 4.42 Å². The number of rotatable bonds is 5. The molecule has 0 unspecified atom stereocenters. The largest absolute Gasteiger partial charge is 0.441 e. The van der Waals surface area contributed by atoms with E-state index >= 15 is 0 Å². The van der Waals surface area contributed by atoms with Crippen molar-refractivity contribution in [2.45, 2.75) is 12.8 Å². The molecule has 2 rings (SSSR count). The van der Waals surface area contributed by atoms with Gasteiger partial charge < -0.3 is 4.42 Å². The van der Waals surface area contributed by atoms with Gasteiger partial charge in [0, 0.05) is 18.4 Å². The van der Waals surface area contributed by atoms with Crippen LogP contribution in [0.15, 0.2) is 34.9 Å². The number of hydrogen-bond acceptors (Lipinski definition) is 5. The van der Waals surface area contributed by atoms with E-state index in [1.807, 2.05) is 4.72 Å². The number of carbonyl (C=O) groups excluding carboxylic acids is 1. The molecule has 0 atom stereocenters. The minimum atomic E-state index is -3.56. The Morgan fingerprint density at radius 3 is 2.62 bits per heavy atom. The summed E-state index contributed by atoms with van der Waals surface area (Å²) in [4.78, 5) is 15.3. The molecule has 0 bridgehead atoms. The van der Waals surface area contributed by atoms with Gasteiger partial charge in [-0.25, -0.2) is 17.8 Å². The van der Waals surface area contributed by atoms with Crippen LogP contribution in [0.1, 0.15) is 12.3 Å². The van der Waals surface area contributed by atoms with Crippen molar-refractivity contribution in [3.63, 3.8) is 0 Å². The summed E-state index contributed by atoms with van der Waals surface area (Å²) in [7, 11) is -3.56. The summed E-state index contributed by atoms with van der Waals surface area (Å²) in [5.41, 5.74) is 0.663. The van der Waals surface area contributed by atoms with Gasteiger partial charge in [0.05, 0.1) is 12.5 Å². The van der Waals surface area contributed by atoms with Gasteiger partial charge in [-0.2, -0.15) is 0 Å². The van der Waals surface area contributed by atoms with Crippen LogP contribution in [0.3, 0.4) is 0 Å². The molecule has 0 aliphatic carbocycles. The molecule has 0 aliphatic heterocycles. The average Bonchev–Trinajstić information content (AvgIpc) is 2.84. The first kappa shape index (κ1) is 15.2. The highest BCUT2D eigenvalue weighted by Gasteiger charge is 2.11. The minimum Gasteiger partial charge on any atom is -0.441 e. The first-order valence-corrected chi connectivity index (χ1v) is 7.94. The standard InChI is InChI=1S/C13H13FN2O4S/c1-21(18,19)16-12(17)6-7-13-15-8-11(20-13)9-2-4-10(14)5-3-9/h2-5,8H,6-7H2,1H3,(H,16,17). The molecular formula is C13H13FN2O4S. The van der Waals surface area contributed by atoms with E-state index in [-0.39, 0.29) is 18.7 Å². The fraction of sp³-hybridized carbons (Fsp3) is 0.231. The quantitative estimate of drug-likeness (QED) is 0.903. The first-order chi connectivity index (χ1) is 9.83. The minimum absolute atomic E-state index is 0.0591. The monoisotopic (exact) mass is 312 g/mol. The van der Waals surface area contributed by atoms with Gasteiger partial charge in [-0.1, -0.05) is 0 Å². The first-order valence-electron chi connectivity index (χ1n) is 6.05. The Kier molecular flexibility index (Phi) is 4.37. The molecule has 1 amide bonds. The van der Waals surface area contributed by atoms with E-state index in [0.29, 0.717) is 17.2 Å². The lowest BCUT2D eigenvalue weighted by atomic mass is 10.2. The Hall–Kier alpha value is -2.22. The summed E-state index contributed by atoms with van der Waals surface area (Å²) in [6.07, 6.45) is 2.48. The maximum atomic E-state index is 12.8. The molecule has 0 radical (unpaired) electrons. The predicted molar refractivity (Wildman–Crippen MR) is 73.2 cm³/mol. The number of oxazole rings is 1. The van der Waals surface area contributed by atoms with Crippen molar-refractivity contribution in [3.8, 4) is 11.3 Å². The van der Waals surface area contributed by atoms with Gasteiger partial charge >= 0.3 is 0 Å². The number of aryl methyl sites for hydroxylation is 1. The highest BCUT2D eigenvalue weighted by molar-refractivity contribution is 7.89. The molecule has 1 aromatic carbocycles. The van der Waals surface area contributed by atoms with Gasteiger partial charge in [0.1, 0.15) is 5.82 Å². The molecule has 21 heavy (non-hydrogen) atoms. The van der Waals surface area contributed by atoms with Gasteiger partial charge in [-0.05, 0) is 24.3 Å². The van der Waals surface area contributed by atoms with Gasteiger partial charge in [-0.3, -0.25) is 9.52 Å².